The van der Waals surface area contributed by atoms with Gasteiger partial charge in [0, 0.05) is 11.4 Å². The second-order valence-corrected chi connectivity index (χ2v) is 9.64. The molecule has 3 aromatic rings. The number of nitrogens with one attached hydrogen (secondary N) is 5. The van der Waals surface area contributed by atoms with Gasteiger partial charge in [-0.2, -0.15) is 0 Å². The molecule has 0 aliphatic carbocycles. The Balaban J connectivity index is 1.60. The number of hydrogen-bond acceptors (Lipinski definition) is 9. The van der Waals surface area contributed by atoms with Gasteiger partial charge in [-0.3, -0.25) is 28.8 Å². The predicted octanol–water partition coefficient (Wildman–Crippen LogP) is 0.973. The van der Waals surface area contributed by atoms with E-state index in [9.17, 15) is 28.8 Å². The zero-order chi connectivity index (χ0) is 33.8. The zero-order valence-electron chi connectivity index (χ0n) is 25.6. The Hall–Kier alpha value is -6.12. The molecule has 15 nitrogen and oxygen atoms in total. The first-order valence-electron chi connectivity index (χ1n) is 13.7. The molecule has 3 rings (SSSR count). The number of hydrogen-bond donors (Lipinski definition) is 6. The molecule has 0 heterocycles. The van der Waals surface area contributed by atoms with Crippen molar-refractivity contribution in [1.29, 1.82) is 0 Å². The standard InChI is InChI=1S/C31H34N6O9/c1-17-5-8-23(44-2)20(11-17)29(41)34-15-27(39)37-19-7-10-25(46-4)22(13-19)31(43)35-16-28(40)36-18-6-9-24(45-3)21(12-18)30(42)33-14-26(32)38/h5-13H,14-16H2,1-4H3,(H2,32,38)(H,33,42)(H,34,41)(H,35,43)(H,36,40)(H,37,39). The second-order valence-electron chi connectivity index (χ2n) is 9.64. The first-order chi connectivity index (χ1) is 21.9. The molecule has 46 heavy (non-hydrogen) atoms. The molecule has 242 valence electrons. The van der Waals surface area contributed by atoms with E-state index in [-0.39, 0.29) is 52.7 Å². The smallest absolute Gasteiger partial charge is 0.255 e. The van der Waals surface area contributed by atoms with Gasteiger partial charge in [0.05, 0.1) is 57.7 Å². The van der Waals surface area contributed by atoms with Gasteiger partial charge in [-0.1, -0.05) is 11.6 Å². The van der Waals surface area contributed by atoms with Crippen LogP contribution in [0.4, 0.5) is 11.4 Å². The number of carbonyl (C=O) groups excluding carboxylic acids is 6. The number of benzene rings is 3. The lowest BCUT2D eigenvalue weighted by atomic mass is 10.1. The zero-order valence-corrected chi connectivity index (χ0v) is 25.6. The Morgan fingerprint density at radius 1 is 0.565 bits per heavy atom. The first-order valence-corrected chi connectivity index (χ1v) is 13.7. The Labute approximate surface area is 264 Å². The van der Waals surface area contributed by atoms with Gasteiger partial charge in [0.25, 0.3) is 17.7 Å². The molecule has 0 fully saturated rings. The van der Waals surface area contributed by atoms with Crippen LogP contribution in [-0.4, -0.2) is 76.4 Å². The summed E-state index contributed by atoms with van der Waals surface area (Å²) in [7, 11) is 4.14. The quantitative estimate of drug-likeness (QED) is 0.149. The topological polar surface area (TPSA) is 216 Å². The van der Waals surface area contributed by atoms with Gasteiger partial charge in [-0.25, -0.2) is 0 Å². The van der Waals surface area contributed by atoms with Crippen molar-refractivity contribution in [3.63, 3.8) is 0 Å². The normalized spacial score (nSPS) is 10.2. The first kappa shape index (κ1) is 34.4. The fourth-order valence-corrected chi connectivity index (χ4v) is 4.11. The third-order valence-corrected chi connectivity index (χ3v) is 6.30. The predicted molar refractivity (Wildman–Crippen MR) is 167 cm³/mol. The second kappa shape index (κ2) is 16.1. The Morgan fingerprint density at radius 2 is 0.935 bits per heavy atom. The maximum Gasteiger partial charge on any atom is 0.255 e. The number of nitrogens with two attached hydrogens (primary N) is 1. The van der Waals surface area contributed by atoms with Crippen LogP contribution in [0.5, 0.6) is 17.2 Å². The molecule has 0 saturated carbocycles. The van der Waals surface area contributed by atoms with Crippen LogP contribution in [-0.2, 0) is 14.4 Å². The highest BCUT2D eigenvalue weighted by molar-refractivity contribution is 6.04. The highest BCUT2D eigenvalue weighted by Gasteiger charge is 2.18. The number of primary amides is 1. The van der Waals surface area contributed by atoms with Crippen LogP contribution in [0, 0.1) is 6.92 Å². The van der Waals surface area contributed by atoms with Gasteiger partial charge in [-0.15, -0.1) is 0 Å². The largest absolute Gasteiger partial charge is 0.496 e. The fourth-order valence-electron chi connectivity index (χ4n) is 4.11. The van der Waals surface area contributed by atoms with Crippen molar-refractivity contribution >= 4 is 46.8 Å². The number of amides is 6. The van der Waals surface area contributed by atoms with Gasteiger partial charge >= 0.3 is 0 Å². The number of aryl methyl sites for hydroxylation is 1. The molecule has 0 saturated heterocycles. The molecule has 0 aliphatic rings. The molecule has 0 unspecified atom stereocenters. The van der Waals surface area contributed by atoms with Gasteiger partial charge in [0.1, 0.15) is 17.2 Å². The lowest BCUT2D eigenvalue weighted by Crippen LogP contribution is -2.34. The third kappa shape index (κ3) is 9.44. The lowest BCUT2D eigenvalue weighted by Gasteiger charge is -2.14. The number of anilines is 2. The summed E-state index contributed by atoms with van der Waals surface area (Å²) >= 11 is 0. The van der Waals surface area contributed by atoms with Crippen molar-refractivity contribution in [2.45, 2.75) is 6.92 Å². The number of rotatable bonds is 14. The SMILES string of the molecule is COc1ccc(NC(=O)CNC(=O)c2cc(NC(=O)CNC(=O)c3cc(C)ccc3OC)ccc2OC)cc1C(=O)NCC(N)=O. The molecule has 0 spiro atoms. The van der Waals surface area contributed by atoms with Crippen LogP contribution in [0.3, 0.4) is 0 Å². The van der Waals surface area contributed by atoms with Crippen LogP contribution in [0.15, 0.2) is 54.6 Å². The van der Waals surface area contributed by atoms with Crippen LogP contribution >= 0.6 is 0 Å². The van der Waals surface area contributed by atoms with Gasteiger partial charge in [-0.05, 0) is 55.5 Å². The highest BCUT2D eigenvalue weighted by atomic mass is 16.5. The summed E-state index contributed by atoms with van der Waals surface area (Å²) < 4.78 is 15.6. The maximum atomic E-state index is 13.0. The molecular weight excluding hydrogens is 600 g/mol. The average Bonchev–Trinajstić information content (AvgIpc) is 3.04. The van der Waals surface area contributed by atoms with E-state index in [2.05, 4.69) is 26.6 Å². The van der Waals surface area contributed by atoms with Gasteiger partial charge in [0.15, 0.2) is 0 Å². The van der Waals surface area contributed by atoms with Crippen LogP contribution in [0.2, 0.25) is 0 Å². The number of methoxy groups -OCH3 is 3. The van der Waals surface area contributed by atoms with Crippen molar-refractivity contribution in [3.8, 4) is 17.2 Å². The van der Waals surface area contributed by atoms with Crippen molar-refractivity contribution in [2.24, 2.45) is 5.73 Å². The molecule has 3 aromatic carbocycles. The van der Waals surface area contributed by atoms with Gasteiger partial charge < -0.3 is 46.5 Å². The molecule has 15 heteroatoms. The molecule has 6 amide bonds. The molecule has 7 N–H and O–H groups in total. The molecule has 0 aliphatic heterocycles. The van der Waals surface area contributed by atoms with E-state index < -0.39 is 42.0 Å². The lowest BCUT2D eigenvalue weighted by molar-refractivity contribution is -0.117. The summed E-state index contributed by atoms with van der Waals surface area (Å²) in [4.78, 5) is 74.2. The highest BCUT2D eigenvalue weighted by Crippen LogP contribution is 2.24. The molecule has 0 radical (unpaired) electrons. The van der Waals surface area contributed by atoms with E-state index in [1.54, 1.807) is 18.2 Å². The monoisotopic (exact) mass is 634 g/mol. The van der Waals surface area contributed by atoms with Crippen molar-refractivity contribution in [1.82, 2.24) is 16.0 Å². The Morgan fingerprint density at radius 3 is 1.33 bits per heavy atom. The minimum atomic E-state index is -0.735. The van der Waals surface area contributed by atoms with Crippen molar-refractivity contribution in [2.75, 3.05) is 51.6 Å². The van der Waals surface area contributed by atoms with E-state index >= 15 is 0 Å². The van der Waals surface area contributed by atoms with Crippen molar-refractivity contribution in [3.05, 3.63) is 76.9 Å². The average molecular weight is 635 g/mol. The minimum Gasteiger partial charge on any atom is -0.496 e. The molecule has 0 bridgehead atoms. The van der Waals surface area contributed by atoms with E-state index in [1.807, 2.05) is 6.92 Å². The summed E-state index contributed by atoms with van der Waals surface area (Å²) in [6, 6.07) is 13.7. The van der Waals surface area contributed by atoms with E-state index in [0.717, 1.165) is 5.56 Å². The van der Waals surface area contributed by atoms with Crippen LogP contribution in [0.1, 0.15) is 36.6 Å². The summed E-state index contributed by atoms with van der Waals surface area (Å²) in [5.74, 6) is -3.00. The summed E-state index contributed by atoms with van der Waals surface area (Å²) in [6.45, 7) is 0.618. The maximum absolute atomic E-state index is 13.0. The summed E-state index contributed by atoms with van der Waals surface area (Å²) in [6.07, 6.45) is 0. The number of ether oxygens (including phenoxy) is 3. The molecule has 0 aromatic heterocycles. The summed E-state index contributed by atoms with van der Waals surface area (Å²) in [5, 5.41) is 12.5. The van der Waals surface area contributed by atoms with Crippen LogP contribution in [0.25, 0.3) is 0 Å². The molecule has 0 atom stereocenters. The fraction of sp³-hybridized carbons (Fsp3) is 0.226. The summed E-state index contributed by atoms with van der Waals surface area (Å²) in [5.41, 5.74) is 6.72. The van der Waals surface area contributed by atoms with E-state index in [4.69, 9.17) is 19.9 Å². The van der Waals surface area contributed by atoms with E-state index in [0.29, 0.717) is 5.75 Å². The Kier molecular flexibility index (Phi) is 12.0. The minimum absolute atomic E-state index is 0.0273. The van der Waals surface area contributed by atoms with E-state index in [1.165, 1.54) is 57.7 Å². The van der Waals surface area contributed by atoms with Gasteiger partial charge in [0.2, 0.25) is 17.7 Å². The third-order valence-electron chi connectivity index (χ3n) is 6.30. The number of carbonyl (C=O) groups is 6. The van der Waals surface area contributed by atoms with Crippen molar-refractivity contribution < 1.29 is 43.0 Å². The molecular formula is C31H34N6O9. The van der Waals surface area contributed by atoms with Crippen LogP contribution < -0.4 is 46.5 Å². The Bertz CT molecular complexity index is 1660.